The first-order valence-electron chi connectivity index (χ1n) is 7.14. The molecule has 0 radical (unpaired) electrons. The molecule has 0 fully saturated rings. The molecule has 0 rings (SSSR count). The number of carbonyl (C=O) groups excluding carboxylic acids is 1. The Labute approximate surface area is 117 Å². The highest BCUT2D eigenvalue weighted by Crippen LogP contribution is 2.16. The molecule has 0 aromatic carbocycles. The Hall–Kier alpha value is -1.25. The van der Waals surface area contributed by atoms with Gasteiger partial charge in [-0.3, -0.25) is 0 Å². The molecule has 0 heterocycles. The van der Waals surface area contributed by atoms with Crippen LogP contribution in [0.3, 0.4) is 0 Å². The van der Waals surface area contributed by atoms with Gasteiger partial charge in [-0.25, -0.2) is 4.79 Å². The van der Waals surface area contributed by atoms with Gasteiger partial charge in [-0.1, -0.05) is 32.8 Å². The lowest BCUT2D eigenvalue weighted by Crippen LogP contribution is -2.09. The van der Waals surface area contributed by atoms with Gasteiger partial charge in [0.15, 0.2) is 0 Å². The molecular formula is C16H28O3. The summed E-state index contributed by atoms with van der Waals surface area (Å²) >= 11 is 0. The molecule has 0 aliphatic rings. The maximum atomic E-state index is 11.4. The van der Waals surface area contributed by atoms with Crippen molar-refractivity contribution in [2.45, 2.75) is 53.4 Å². The summed E-state index contributed by atoms with van der Waals surface area (Å²) < 4.78 is 10.4. The molecule has 0 N–H and O–H groups in total. The van der Waals surface area contributed by atoms with E-state index in [4.69, 9.17) is 9.47 Å². The number of carbonyl (C=O) groups is 1. The predicted molar refractivity (Wildman–Crippen MR) is 78.8 cm³/mol. The van der Waals surface area contributed by atoms with Crippen molar-refractivity contribution in [3.63, 3.8) is 0 Å². The standard InChI is InChI=1S/C16H28O3/c1-6-9-14(10-7-2)12-19-13(4)11-15(8-3)16(17)18-5/h8,11,14H,6-7,9-10,12H2,1-5H3/b13-11+,15-8+. The first-order valence-corrected chi connectivity index (χ1v) is 7.14. The molecule has 3 heteroatoms. The lowest BCUT2D eigenvalue weighted by atomic mass is 9.99. The van der Waals surface area contributed by atoms with Crippen molar-refractivity contribution in [2.24, 2.45) is 5.92 Å². The quantitative estimate of drug-likeness (QED) is 0.271. The van der Waals surface area contributed by atoms with Crippen molar-refractivity contribution in [1.82, 2.24) is 0 Å². The topological polar surface area (TPSA) is 35.5 Å². The van der Waals surface area contributed by atoms with E-state index in [1.54, 1.807) is 12.2 Å². The fourth-order valence-electron chi connectivity index (χ4n) is 2.02. The normalized spacial score (nSPS) is 12.7. The van der Waals surface area contributed by atoms with E-state index in [1.165, 1.54) is 32.8 Å². The van der Waals surface area contributed by atoms with Gasteiger partial charge in [-0.05, 0) is 38.7 Å². The van der Waals surface area contributed by atoms with Crippen LogP contribution in [-0.2, 0) is 14.3 Å². The summed E-state index contributed by atoms with van der Waals surface area (Å²) in [6.45, 7) is 8.80. The average molecular weight is 268 g/mol. The highest BCUT2D eigenvalue weighted by atomic mass is 16.5. The van der Waals surface area contributed by atoms with Gasteiger partial charge >= 0.3 is 5.97 Å². The number of hydrogen-bond acceptors (Lipinski definition) is 3. The molecule has 0 unspecified atom stereocenters. The van der Waals surface area contributed by atoms with E-state index in [9.17, 15) is 4.79 Å². The summed E-state index contributed by atoms with van der Waals surface area (Å²) in [6, 6.07) is 0. The summed E-state index contributed by atoms with van der Waals surface area (Å²) in [5.74, 6) is 1.03. The smallest absolute Gasteiger partial charge is 0.337 e. The second kappa shape index (κ2) is 10.7. The summed E-state index contributed by atoms with van der Waals surface area (Å²) in [7, 11) is 1.38. The minimum absolute atomic E-state index is 0.330. The molecule has 0 aliphatic carbocycles. The van der Waals surface area contributed by atoms with E-state index < -0.39 is 0 Å². The van der Waals surface area contributed by atoms with Crippen LogP contribution in [0.4, 0.5) is 0 Å². The van der Waals surface area contributed by atoms with Gasteiger partial charge in [-0.2, -0.15) is 0 Å². The zero-order valence-electron chi connectivity index (χ0n) is 13.0. The third-order valence-electron chi connectivity index (χ3n) is 3.03. The Morgan fingerprint density at radius 1 is 1.21 bits per heavy atom. The minimum Gasteiger partial charge on any atom is -0.498 e. The fraction of sp³-hybridized carbons (Fsp3) is 0.688. The number of allylic oxidation sites excluding steroid dienone is 2. The van der Waals surface area contributed by atoms with E-state index >= 15 is 0 Å². The molecule has 0 bridgehead atoms. The largest absolute Gasteiger partial charge is 0.498 e. The lowest BCUT2D eigenvalue weighted by Gasteiger charge is -2.16. The Balaban J connectivity index is 4.41. The average Bonchev–Trinajstić information content (AvgIpc) is 2.41. The van der Waals surface area contributed by atoms with Crippen molar-refractivity contribution in [1.29, 1.82) is 0 Å². The Morgan fingerprint density at radius 3 is 2.21 bits per heavy atom. The van der Waals surface area contributed by atoms with Gasteiger partial charge in [0.1, 0.15) is 0 Å². The molecule has 0 spiro atoms. The predicted octanol–water partition coefficient (Wildman–Crippen LogP) is 4.24. The van der Waals surface area contributed by atoms with E-state index in [2.05, 4.69) is 13.8 Å². The number of esters is 1. The van der Waals surface area contributed by atoms with Crippen LogP contribution in [0.2, 0.25) is 0 Å². The van der Waals surface area contributed by atoms with Gasteiger partial charge in [0.05, 0.1) is 25.0 Å². The van der Waals surface area contributed by atoms with Crippen molar-refractivity contribution in [2.75, 3.05) is 13.7 Å². The maximum absolute atomic E-state index is 11.4. The number of rotatable bonds is 9. The van der Waals surface area contributed by atoms with Gasteiger partial charge in [0, 0.05) is 0 Å². The van der Waals surface area contributed by atoms with Crippen LogP contribution in [0.15, 0.2) is 23.5 Å². The fourth-order valence-corrected chi connectivity index (χ4v) is 2.02. The summed E-state index contributed by atoms with van der Waals surface area (Å²) in [5, 5.41) is 0. The van der Waals surface area contributed by atoms with E-state index in [1.807, 2.05) is 13.8 Å². The van der Waals surface area contributed by atoms with Crippen LogP contribution in [0.1, 0.15) is 53.4 Å². The number of ether oxygens (including phenoxy) is 2. The molecule has 0 amide bonds. The molecule has 19 heavy (non-hydrogen) atoms. The molecule has 110 valence electrons. The lowest BCUT2D eigenvalue weighted by molar-refractivity contribution is -0.135. The minimum atomic E-state index is -0.330. The Kier molecular flexibility index (Phi) is 9.95. The zero-order chi connectivity index (χ0) is 14.7. The van der Waals surface area contributed by atoms with Crippen molar-refractivity contribution >= 4 is 5.97 Å². The molecule has 0 aliphatic heterocycles. The Morgan fingerprint density at radius 2 is 1.79 bits per heavy atom. The number of methoxy groups -OCH3 is 1. The monoisotopic (exact) mass is 268 g/mol. The third kappa shape index (κ3) is 7.70. The SMILES string of the molecule is C/C=C(\C=C(/C)OCC(CCC)CCC)C(=O)OC. The second-order valence-corrected chi connectivity index (χ2v) is 4.74. The highest BCUT2D eigenvalue weighted by Gasteiger charge is 2.09. The summed E-state index contributed by atoms with van der Waals surface area (Å²) in [4.78, 5) is 11.4. The first kappa shape index (κ1) is 17.8. The van der Waals surface area contributed by atoms with Gasteiger partial charge in [-0.15, -0.1) is 0 Å². The molecule has 0 saturated carbocycles. The number of hydrogen-bond donors (Lipinski definition) is 0. The van der Waals surface area contributed by atoms with Gasteiger partial charge in [0.2, 0.25) is 0 Å². The van der Waals surface area contributed by atoms with Crippen molar-refractivity contribution < 1.29 is 14.3 Å². The van der Waals surface area contributed by atoms with Crippen LogP contribution in [0.5, 0.6) is 0 Å². The van der Waals surface area contributed by atoms with Crippen LogP contribution >= 0.6 is 0 Å². The van der Waals surface area contributed by atoms with Crippen molar-refractivity contribution in [3.8, 4) is 0 Å². The maximum Gasteiger partial charge on any atom is 0.337 e. The van der Waals surface area contributed by atoms with Gasteiger partial charge < -0.3 is 9.47 Å². The van der Waals surface area contributed by atoms with Crippen molar-refractivity contribution in [3.05, 3.63) is 23.5 Å². The molecule has 0 aromatic rings. The molecule has 3 nitrogen and oxygen atoms in total. The first-order chi connectivity index (χ1) is 9.08. The van der Waals surface area contributed by atoms with Crippen LogP contribution in [0, 0.1) is 5.92 Å². The molecule has 0 atom stereocenters. The summed E-state index contributed by atoms with van der Waals surface area (Å²) in [5.41, 5.74) is 0.530. The molecular weight excluding hydrogens is 240 g/mol. The van der Waals surface area contributed by atoms with E-state index in [0.717, 1.165) is 12.4 Å². The van der Waals surface area contributed by atoms with E-state index in [0.29, 0.717) is 11.5 Å². The Bertz CT molecular complexity index is 310. The van der Waals surface area contributed by atoms with Crippen LogP contribution in [0.25, 0.3) is 0 Å². The van der Waals surface area contributed by atoms with E-state index in [-0.39, 0.29) is 5.97 Å². The van der Waals surface area contributed by atoms with Crippen LogP contribution < -0.4 is 0 Å². The molecule has 0 saturated heterocycles. The van der Waals surface area contributed by atoms with Gasteiger partial charge in [0.25, 0.3) is 0 Å². The second-order valence-electron chi connectivity index (χ2n) is 4.74. The zero-order valence-corrected chi connectivity index (χ0v) is 13.0. The highest BCUT2D eigenvalue weighted by molar-refractivity contribution is 5.91. The molecule has 0 aromatic heterocycles. The third-order valence-corrected chi connectivity index (χ3v) is 3.03. The van der Waals surface area contributed by atoms with Crippen LogP contribution in [-0.4, -0.2) is 19.7 Å². The summed E-state index contributed by atoms with van der Waals surface area (Å²) in [6.07, 6.45) is 8.20.